The number of nitrogens with one attached hydrogen (secondary N) is 1. The summed E-state index contributed by atoms with van der Waals surface area (Å²) in [5, 5.41) is 17.9. The number of carbonyl (C=O) groups excluding carboxylic acids is 1. The van der Waals surface area contributed by atoms with Gasteiger partial charge < -0.3 is 10.4 Å². The lowest BCUT2D eigenvalue weighted by molar-refractivity contribution is -0.117. The van der Waals surface area contributed by atoms with Crippen molar-refractivity contribution in [3.8, 4) is 11.1 Å². The fourth-order valence-electron chi connectivity index (χ4n) is 3.40. The first-order valence-corrected chi connectivity index (χ1v) is 10.5. The number of anilines is 1. The van der Waals surface area contributed by atoms with Crippen LogP contribution in [0.2, 0.25) is 0 Å². The maximum absolute atomic E-state index is 12.1. The Hall–Kier alpha value is -2.91. The number of nitrogens with zero attached hydrogens (tertiary/aromatic N) is 5. The predicted molar refractivity (Wildman–Crippen MR) is 111 cm³/mol. The first-order chi connectivity index (χ1) is 14.0. The minimum Gasteiger partial charge on any atom is -0.387 e. The highest BCUT2D eigenvalue weighted by Gasteiger charge is 2.30. The van der Waals surface area contributed by atoms with Gasteiger partial charge in [0.05, 0.1) is 11.8 Å². The summed E-state index contributed by atoms with van der Waals surface area (Å²) in [6.45, 7) is 3.91. The third-order valence-corrected chi connectivity index (χ3v) is 6.19. The van der Waals surface area contributed by atoms with Gasteiger partial charge in [0.1, 0.15) is 16.7 Å². The van der Waals surface area contributed by atoms with Crippen molar-refractivity contribution in [3.05, 3.63) is 35.9 Å². The number of carbonyl (C=O) groups is 1. The lowest BCUT2D eigenvalue weighted by Gasteiger charge is -2.12. The van der Waals surface area contributed by atoms with E-state index in [1.54, 1.807) is 10.7 Å². The molecule has 0 aromatic carbocycles. The Balaban J connectivity index is 1.62. The maximum atomic E-state index is 12.1. The van der Waals surface area contributed by atoms with Crippen molar-refractivity contribution in [2.45, 2.75) is 39.2 Å². The van der Waals surface area contributed by atoms with Crippen LogP contribution in [0.5, 0.6) is 0 Å². The molecule has 4 aromatic heterocycles. The zero-order valence-corrected chi connectivity index (χ0v) is 16.9. The average molecular weight is 408 g/mol. The number of thiazole rings is 1. The predicted octanol–water partition coefficient (Wildman–Crippen LogP) is 3.50. The van der Waals surface area contributed by atoms with Crippen molar-refractivity contribution in [1.82, 2.24) is 24.6 Å². The van der Waals surface area contributed by atoms with Crippen LogP contribution in [0.1, 0.15) is 43.5 Å². The van der Waals surface area contributed by atoms with Crippen molar-refractivity contribution in [2.24, 2.45) is 5.92 Å². The van der Waals surface area contributed by atoms with Gasteiger partial charge in [0.25, 0.3) is 0 Å². The van der Waals surface area contributed by atoms with Crippen LogP contribution in [0.25, 0.3) is 27.1 Å². The molecular weight excluding hydrogens is 388 g/mol. The highest BCUT2D eigenvalue weighted by atomic mass is 32.1. The van der Waals surface area contributed by atoms with Crippen molar-refractivity contribution in [1.29, 1.82) is 0 Å². The molecule has 0 radical (unpaired) electrons. The van der Waals surface area contributed by atoms with Crippen LogP contribution in [-0.4, -0.2) is 35.6 Å². The fraction of sp³-hybridized carbons (Fsp3) is 0.350. The molecule has 29 heavy (non-hydrogen) atoms. The molecule has 9 heteroatoms. The summed E-state index contributed by atoms with van der Waals surface area (Å²) in [5.41, 5.74) is 4.87. The van der Waals surface area contributed by atoms with E-state index in [-0.39, 0.29) is 11.8 Å². The van der Waals surface area contributed by atoms with Gasteiger partial charge in [-0.25, -0.2) is 14.5 Å². The molecule has 0 spiro atoms. The molecule has 1 amide bonds. The molecule has 8 nitrogen and oxygen atoms in total. The Kier molecular flexibility index (Phi) is 4.29. The third kappa shape index (κ3) is 3.16. The normalized spacial score (nSPS) is 15.1. The number of aliphatic hydroxyl groups is 1. The second kappa shape index (κ2) is 6.85. The molecule has 1 unspecified atom stereocenters. The van der Waals surface area contributed by atoms with Crippen molar-refractivity contribution < 1.29 is 9.90 Å². The zero-order valence-electron chi connectivity index (χ0n) is 16.1. The second-order valence-corrected chi connectivity index (χ2v) is 8.35. The topological polar surface area (TPSA) is 105 Å². The average Bonchev–Trinajstić information content (AvgIpc) is 3.31. The number of pyridine rings is 2. The number of aryl methyl sites for hydroxylation is 1. The number of fused-ring (bicyclic) bond motifs is 3. The lowest BCUT2D eigenvalue weighted by atomic mass is 10.0. The Morgan fingerprint density at radius 2 is 2.17 bits per heavy atom. The van der Waals surface area contributed by atoms with Gasteiger partial charge in [-0.1, -0.05) is 18.3 Å². The number of aromatic nitrogens is 5. The minimum absolute atomic E-state index is 0.0317. The molecule has 0 aliphatic heterocycles. The summed E-state index contributed by atoms with van der Waals surface area (Å²) in [5.74, 6) is 0.152. The molecule has 1 aliphatic carbocycles. The van der Waals surface area contributed by atoms with E-state index in [0.717, 1.165) is 39.9 Å². The van der Waals surface area contributed by atoms with Gasteiger partial charge in [0, 0.05) is 23.2 Å². The van der Waals surface area contributed by atoms with Crippen LogP contribution in [-0.2, 0) is 4.79 Å². The van der Waals surface area contributed by atoms with E-state index in [2.05, 4.69) is 25.4 Å². The molecule has 4 heterocycles. The van der Waals surface area contributed by atoms with Crippen LogP contribution in [0.4, 0.5) is 5.13 Å². The lowest BCUT2D eigenvalue weighted by Crippen LogP contribution is -2.12. The molecule has 148 valence electrons. The van der Waals surface area contributed by atoms with Gasteiger partial charge >= 0.3 is 0 Å². The molecule has 1 atom stereocenters. The van der Waals surface area contributed by atoms with Gasteiger partial charge in [-0.15, -0.1) is 0 Å². The largest absolute Gasteiger partial charge is 0.387 e. The molecule has 2 N–H and O–H groups in total. The van der Waals surface area contributed by atoms with Crippen LogP contribution in [0.15, 0.2) is 24.7 Å². The molecule has 4 aromatic rings. The zero-order chi connectivity index (χ0) is 20.1. The van der Waals surface area contributed by atoms with E-state index < -0.39 is 6.10 Å². The molecule has 0 saturated heterocycles. The standard InChI is InChI=1S/C20H20N6O2S/c1-3-16(27)14-6-10(2)13(8-21-14)12-7-15-19(26-17(12)22-9-23-26)29-20(24-15)25-18(28)11-4-5-11/h6-9,11,16,27H,3-5H2,1-2H3,(H,24,25,28). The molecule has 1 aliphatic rings. The van der Waals surface area contributed by atoms with Gasteiger partial charge in [-0.2, -0.15) is 5.10 Å². The summed E-state index contributed by atoms with van der Waals surface area (Å²) >= 11 is 1.39. The summed E-state index contributed by atoms with van der Waals surface area (Å²) in [4.78, 5) is 26.4. The number of hydrogen-bond donors (Lipinski definition) is 2. The number of rotatable bonds is 5. The minimum atomic E-state index is -0.575. The Morgan fingerprint density at radius 3 is 2.90 bits per heavy atom. The van der Waals surface area contributed by atoms with Crippen LogP contribution in [0, 0.1) is 12.8 Å². The van der Waals surface area contributed by atoms with Crippen LogP contribution >= 0.6 is 11.3 Å². The molecule has 0 bridgehead atoms. The van der Waals surface area contributed by atoms with Crippen molar-refractivity contribution in [3.63, 3.8) is 0 Å². The number of hydrogen-bond acceptors (Lipinski definition) is 7. The van der Waals surface area contributed by atoms with E-state index in [1.807, 2.05) is 26.0 Å². The maximum Gasteiger partial charge on any atom is 0.229 e. The van der Waals surface area contributed by atoms with E-state index in [9.17, 15) is 9.90 Å². The number of amides is 1. The molecule has 5 rings (SSSR count). The van der Waals surface area contributed by atoms with Gasteiger partial charge in [-0.3, -0.25) is 9.78 Å². The molecule has 1 saturated carbocycles. The molecular formula is C20H20N6O2S. The first-order valence-electron chi connectivity index (χ1n) is 9.64. The van der Waals surface area contributed by atoms with Gasteiger partial charge in [0.2, 0.25) is 5.91 Å². The highest BCUT2D eigenvalue weighted by Crippen LogP contribution is 2.35. The summed E-state index contributed by atoms with van der Waals surface area (Å²) < 4.78 is 1.75. The summed E-state index contributed by atoms with van der Waals surface area (Å²) in [7, 11) is 0. The Morgan fingerprint density at radius 1 is 1.34 bits per heavy atom. The van der Waals surface area contributed by atoms with E-state index in [0.29, 0.717) is 22.9 Å². The van der Waals surface area contributed by atoms with Crippen molar-refractivity contribution >= 4 is 38.4 Å². The van der Waals surface area contributed by atoms with E-state index >= 15 is 0 Å². The highest BCUT2D eigenvalue weighted by molar-refractivity contribution is 7.22. The second-order valence-electron chi connectivity index (χ2n) is 7.37. The van der Waals surface area contributed by atoms with E-state index in [4.69, 9.17) is 0 Å². The smallest absolute Gasteiger partial charge is 0.229 e. The van der Waals surface area contributed by atoms with Crippen LogP contribution in [0.3, 0.4) is 0 Å². The quantitative estimate of drug-likeness (QED) is 0.524. The van der Waals surface area contributed by atoms with Gasteiger partial charge in [0.15, 0.2) is 10.8 Å². The Labute approximate surface area is 170 Å². The summed E-state index contributed by atoms with van der Waals surface area (Å²) in [6.07, 6.45) is 5.21. The van der Waals surface area contributed by atoms with Crippen molar-refractivity contribution in [2.75, 3.05) is 5.32 Å². The monoisotopic (exact) mass is 408 g/mol. The third-order valence-electron chi connectivity index (χ3n) is 5.23. The number of aliphatic hydroxyl groups excluding tert-OH is 1. The van der Waals surface area contributed by atoms with E-state index in [1.165, 1.54) is 17.7 Å². The first kappa shape index (κ1) is 18.1. The molecule has 1 fully saturated rings. The van der Waals surface area contributed by atoms with Gasteiger partial charge in [-0.05, 0) is 43.9 Å². The SMILES string of the molecule is CCC(O)c1cc(C)c(-c2cc3nc(NC(=O)C4CC4)sc3n3ncnc23)cn1. The Bertz CT molecular complexity index is 1240. The fourth-order valence-corrected chi connectivity index (χ4v) is 4.31. The summed E-state index contributed by atoms with van der Waals surface area (Å²) in [6, 6.07) is 3.87. The van der Waals surface area contributed by atoms with Crippen LogP contribution < -0.4 is 5.32 Å².